The highest BCUT2D eigenvalue weighted by molar-refractivity contribution is 7.90. The van der Waals surface area contributed by atoms with Crippen molar-refractivity contribution >= 4 is 28.3 Å². The van der Waals surface area contributed by atoms with Crippen LogP contribution < -0.4 is 14.8 Å². The zero-order valence-electron chi connectivity index (χ0n) is 19.2. The number of sulfonamides is 1. The average Bonchev–Trinajstić information content (AvgIpc) is 2.94. The van der Waals surface area contributed by atoms with Gasteiger partial charge in [-0.25, -0.2) is 12.7 Å². The molecule has 0 saturated carbocycles. The number of carbonyl (C=O) groups excluding carboxylic acids is 1. The molecule has 0 aliphatic carbocycles. The van der Waals surface area contributed by atoms with E-state index in [1.165, 1.54) is 6.07 Å². The van der Waals surface area contributed by atoms with Crippen LogP contribution in [0.1, 0.15) is 56.0 Å². The molecule has 0 fully saturated rings. The molecule has 33 heavy (non-hydrogen) atoms. The summed E-state index contributed by atoms with van der Waals surface area (Å²) in [7, 11) is -3.74. The van der Waals surface area contributed by atoms with E-state index in [-0.39, 0.29) is 35.5 Å². The number of fused-ring (bicyclic) bond motifs is 2. The number of amides is 1. The summed E-state index contributed by atoms with van der Waals surface area (Å²) in [5.41, 5.74) is 0.862. The van der Waals surface area contributed by atoms with E-state index in [4.69, 9.17) is 9.47 Å². The SMILES string of the molecule is CC(C)Oc1cccc2c1OC(C)(NCCCCN1C(=O)c3ccccc3S1(=O)=O)CC2.Cl. The van der Waals surface area contributed by atoms with Crippen molar-refractivity contribution in [1.29, 1.82) is 0 Å². The second-order valence-corrected chi connectivity index (χ2v) is 10.6. The number of hydrogen-bond donors (Lipinski definition) is 1. The molecule has 0 spiro atoms. The Kier molecular flexibility index (Phi) is 7.61. The van der Waals surface area contributed by atoms with Crippen molar-refractivity contribution in [3.8, 4) is 11.5 Å². The third-order valence-corrected chi connectivity index (χ3v) is 7.66. The van der Waals surface area contributed by atoms with Gasteiger partial charge in [0.25, 0.3) is 15.9 Å². The van der Waals surface area contributed by atoms with Gasteiger partial charge in [0.15, 0.2) is 17.2 Å². The van der Waals surface area contributed by atoms with Gasteiger partial charge in [-0.05, 0) is 70.3 Å². The molecule has 2 heterocycles. The Morgan fingerprint density at radius 1 is 1.15 bits per heavy atom. The van der Waals surface area contributed by atoms with Crippen LogP contribution in [0, 0.1) is 0 Å². The fraction of sp³-hybridized carbons (Fsp3) is 0.458. The van der Waals surface area contributed by atoms with Gasteiger partial charge >= 0.3 is 0 Å². The van der Waals surface area contributed by atoms with Crippen LogP contribution in [0.25, 0.3) is 0 Å². The topological polar surface area (TPSA) is 84.9 Å². The first-order chi connectivity index (χ1) is 15.2. The molecule has 4 rings (SSSR count). The molecule has 1 N–H and O–H groups in total. The van der Waals surface area contributed by atoms with Gasteiger partial charge in [0.05, 0.1) is 11.7 Å². The molecular formula is C24H31ClN2O5S. The van der Waals surface area contributed by atoms with Crippen LogP contribution in [0.3, 0.4) is 0 Å². The van der Waals surface area contributed by atoms with Crippen LogP contribution in [0.4, 0.5) is 0 Å². The van der Waals surface area contributed by atoms with Crippen molar-refractivity contribution in [3.05, 3.63) is 53.6 Å². The summed E-state index contributed by atoms with van der Waals surface area (Å²) in [6.07, 6.45) is 3.04. The van der Waals surface area contributed by atoms with Crippen LogP contribution in [0.2, 0.25) is 0 Å². The maximum atomic E-state index is 12.6. The Hall–Kier alpha value is -2.29. The van der Waals surface area contributed by atoms with Crippen LogP contribution in [0.5, 0.6) is 11.5 Å². The lowest BCUT2D eigenvalue weighted by molar-refractivity contribution is 0.0255. The van der Waals surface area contributed by atoms with Gasteiger partial charge in [0.1, 0.15) is 4.90 Å². The van der Waals surface area contributed by atoms with Gasteiger partial charge in [-0.1, -0.05) is 24.3 Å². The molecule has 7 nitrogen and oxygen atoms in total. The molecule has 2 aliphatic rings. The van der Waals surface area contributed by atoms with Crippen LogP contribution in [-0.4, -0.2) is 43.5 Å². The number of benzene rings is 2. The molecule has 9 heteroatoms. The molecule has 1 amide bonds. The van der Waals surface area contributed by atoms with Gasteiger partial charge in [-0.2, -0.15) is 0 Å². The number of nitrogens with zero attached hydrogens (tertiary/aromatic N) is 1. The Bertz CT molecular complexity index is 1120. The van der Waals surface area contributed by atoms with E-state index in [2.05, 4.69) is 11.4 Å². The van der Waals surface area contributed by atoms with E-state index >= 15 is 0 Å². The fourth-order valence-electron chi connectivity index (χ4n) is 4.18. The Morgan fingerprint density at radius 3 is 2.64 bits per heavy atom. The Balaban J connectivity index is 0.00000306. The molecule has 0 bridgehead atoms. The number of hydrogen-bond acceptors (Lipinski definition) is 6. The second kappa shape index (κ2) is 9.91. The highest BCUT2D eigenvalue weighted by Crippen LogP contribution is 2.39. The van der Waals surface area contributed by atoms with E-state index < -0.39 is 21.7 Å². The average molecular weight is 495 g/mol. The third kappa shape index (κ3) is 5.13. The molecule has 180 valence electrons. The minimum atomic E-state index is -3.74. The van der Waals surface area contributed by atoms with Crippen molar-refractivity contribution in [1.82, 2.24) is 9.62 Å². The highest BCUT2D eigenvalue weighted by atomic mass is 35.5. The first kappa shape index (κ1) is 25.3. The van der Waals surface area contributed by atoms with E-state index in [0.717, 1.165) is 34.2 Å². The van der Waals surface area contributed by atoms with Crippen LogP contribution in [-0.2, 0) is 16.4 Å². The maximum absolute atomic E-state index is 12.6. The summed E-state index contributed by atoms with van der Waals surface area (Å²) in [5.74, 6) is 1.10. The smallest absolute Gasteiger partial charge is 0.269 e. The van der Waals surface area contributed by atoms with Crippen molar-refractivity contribution in [2.24, 2.45) is 0 Å². The maximum Gasteiger partial charge on any atom is 0.269 e. The largest absolute Gasteiger partial charge is 0.487 e. The van der Waals surface area contributed by atoms with E-state index in [1.807, 2.05) is 32.9 Å². The van der Waals surface area contributed by atoms with Gasteiger partial charge < -0.3 is 9.47 Å². The molecule has 2 aromatic carbocycles. The summed E-state index contributed by atoms with van der Waals surface area (Å²) in [4.78, 5) is 12.6. The summed E-state index contributed by atoms with van der Waals surface area (Å²) in [6, 6.07) is 12.3. The zero-order valence-corrected chi connectivity index (χ0v) is 20.8. The van der Waals surface area contributed by atoms with E-state index in [0.29, 0.717) is 19.4 Å². The summed E-state index contributed by atoms with van der Waals surface area (Å²) >= 11 is 0. The van der Waals surface area contributed by atoms with Crippen molar-refractivity contribution in [2.45, 2.75) is 63.2 Å². The molecule has 2 aliphatic heterocycles. The fourth-order valence-corrected chi connectivity index (χ4v) is 5.79. The third-order valence-electron chi connectivity index (χ3n) is 5.82. The van der Waals surface area contributed by atoms with Gasteiger partial charge in [0.2, 0.25) is 0 Å². The monoisotopic (exact) mass is 494 g/mol. The lowest BCUT2D eigenvalue weighted by atomic mass is 9.98. The lowest BCUT2D eigenvalue weighted by Crippen LogP contribution is -2.50. The number of unbranched alkanes of at least 4 members (excludes halogenated alkanes) is 1. The van der Waals surface area contributed by atoms with Crippen molar-refractivity contribution in [2.75, 3.05) is 13.1 Å². The zero-order chi connectivity index (χ0) is 22.9. The van der Waals surface area contributed by atoms with Crippen LogP contribution in [0.15, 0.2) is 47.4 Å². The van der Waals surface area contributed by atoms with Crippen molar-refractivity contribution in [3.63, 3.8) is 0 Å². The Morgan fingerprint density at radius 2 is 1.91 bits per heavy atom. The van der Waals surface area contributed by atoms with Crippen LogP contribution >= 0.6 is 12.4 Å². The predicted molar refractivity (Wildman–Crippen MR) is 129 cm³/mol. The molecule has 0 aromatic heterocycles. The normalized spacial score (nSPS) is 20.6. The van der Waals surface area contributed by atoms with Gasteiger partial charge in [-0.15, -0.1) is 12.4 Å². The summed E-state index contributed by atoms with van der Waals surface area (Å²) in [6.45, 7) is 6.82. The number of ether oxygens (including phenoxy) is 2. The number of nitrogens with one attached hydrogen (secondary N) is 1. The van der Waals surface area contributed by atoms with Gasteiger partial charge in [-0.3, -0.25) is 10.1 Å². The first-order valence-electron chi connectivity index (χ1n) is 11.1. The second-order valence-electron chi connectivity index (χ2n) is 8.76. The summed E-state index contributed by atoms with van der Waals surface area (Å²) < 4.78 is 38.5. The number of rotatable bonds is 8. The number of halogens is 1. The van der Waals surface area contributed by atoms with E-state index in [9.17, 15) is 13.2 Å². The highest BCUT2D eigenvalue weighted by Gasteiger charge is 2.40. The molecule has 2 aromatic rings. The molecular weight excluding hydrogens is 464 g/mol. The lowest BCUT2D eigenvalue weighted by Gasteiger charge is -2.37. The quantitative estimate of drug-likeness (QED) is 0.555. The number of carbonyl (C=O) groups is 1. The minimum Gasteiger partial charge on any atom is -0.487 e. The summed E-state index contributed by atoms with van der Waals surface area (Å²) in [5, 5.41) is 3.46. The minimum absolute atomic E-state index is 0. The van der Waals surface area contributed by atoms with Crippen molar-refractivity contribution < 1.29 is 22.7 Å². The molecule has 0 saturated heterocycles. The molecule has 1 atom stereocenters. The number of para-hydroxylation sites is 1. The number of aryl methyl sites for hydroxylation is 1. The predicted octanol–water partition coefficient (Wildman–Crippen LogP) is 4.15. The van der Waals surface area contributed by atoms with Gasteiger partial charge in [0, 0.05) is 13.0 Å². The molecule has 0 radical (unpaired) electrons. The first-order valence-corrected chi connectivity index (χ1v) is 12.5. The van der Waals surface area contributed by atoms with E-state index in [1.54, 1.807) is 18.2 Å². The standard InChI is InChI=1S/C24H30N2O5S.ClH/c1-17(2)30-20-11-8-9-18-13-14-24(3,31-22(18)20)25-15-6-7-16-26-23(27)19-10-4-5-12-21(19)32(26,28)29;/h4-5,8-12,17,25H,6-7,13-16H2,1-3H3;1H. The Labute approximate surface area is 201 Å². The molecule has 1 unspecified atom stereocenters.